The van der Waals surface area contributed by atoms with Crippen molar-refractivity contribution in [2.24, 2.45) is 23.2 Å². The van der Waals surface area contributed by atoms with E-state index >= 15 is 0 Å². The summed E-state index contributed by atoms with van der Waals surface area (Å²) in [7, 11) is 1.29. The number of carbonyl (C=O) groups is 3. The fraction of sp³-hybridized carbons (Fsp3) is 0.864. The van der Waals surface area contributed by atoms with Crippen molar-refractivity contribution in [3.63, 3.8) is 0 Å². The first-order chi connectivity index (χ1) is 14.2. The summed E-state index contributed by atoms with van der Waals surface area (Å²) >= 11 is 0. The minimum Gasteiger partial charge on any atom is -0.467 e. The Kier molecular flexibility index (Phi) is 6.04. The van der Waals surface area contributed by atoms with E-state index in [0.29, 0.717) is 6.54 Å². The predicted octanol–water partition coefficient (Wildman–Crippen LogP) is 3.36. The van der Waals surface area contributed by atoms with Gasteiger partial charge in [0, 0.05) is 25.3 Å². The van der Waals surface area contributed by atoms with E-state index in [1.54, 1.807) is 20.8 Å². The maximum atomic E-state index is 13.7. The third kappa shape index (κ3) is 4.80. The number of hydrogen-bond donors (Lipinski definition) is 1. The number of likely N-dealkylation sites (tertiary alicyclic amines) is 1. The summed E-state index contributed by atoms with van der Waals surface area (Å²) in [5.74, 6) is -3.98. The van der Waals surface area contributed by atoms with Gasteiger partial charge >= 0.3 is 12.1 Å². The van der Waals surface area contributed by atoms with Crippen LogP contribution in [0.15, 0.2) is 0 Å². The van der Waals surface area contributed by atoms with Gasteiger partial charge in [0.25, 0.3) is 0 Å². The number of esters is 1. The molecule has 2 amide bonds. The van der Waals surface area contributed by atoms with Crippen molar-refractivity contribution in [3.8, 4) is 0 Å². The quantitative estimate of drug-likeness (QED) is 0.672. The molecule has 1 aliphatic heterocycles. The normalized spacial score (nSPS) is 30.2. The first kappa shape index (κ1) is 23.7. The molecule has 9 heteroatoms. The van der Waals surface area contributed by atoms with Gasteiger partial charge in [0.1, 0.15) is 17.7 Å². The molecule has 1 heterocycles. The molecule has 3 fully saturated rings. The van der Waals surface area contributed by atoms with Gasteiger partial charge in [0.2, 0.25) is 11.8 Å². The summed E-state index contributed by atoms with van der Waals surface area (Å²) < 4.78 is 37.7. The van der Waals surface area contributed by atoms with Gasteiger partial charge in [-0.1, -0.05) is 13.8 Å². The number of methoxy groups -OCH3 is 1. The topological polar surface area (TPSA) is 84.9 Å². The largest absolute Gasteiger partial charge is 0.467 e. The molecule has 176 valence electrons. The van der Waals surface area contributed by atoms with Crippen LogP contribution in [-0.4, -0.2) is 60.1 Å². The zero-order valence-electron chi connectivity index (χ0n) is 19.2. The van der Waals surface area contributed by atoms with Crippen LogP contribution in [-0.2, 0) is 19.1 Å². The van der Waals surface area contributed by atoms with Gasteiger partial charge in [0.05, 0.1) is 7.11 Å². The Hall–Kier alpha value is -1.93. The maximum Gasteiger partial charge on any atom is 0.408 e. The molecule has 1 N–H and O–H groups in total. The molecule has 0 aromatic carbocycles. The number of piperidine rings is 1. The van der Waals surface area contributed by atoms with Crippen molar-refractivity contribution < 1.29 is 32.6 Å². The van der Waals surface area contributed by atoms with Crippen LogP contribution in [0.4, 0.5) is 13.6 Å². The van der Waals surface area contributed by atoms with Gasteiger partial charge in [-0.15, -0.1) is 0 Å². The number of halogens is 2. The molecular formula is C22H34F2N2O5. The lowest BCUT2D eigenvalue weighted by molar-refractivity contribution is -0.154. The van der Waals surface area contributed by atoms with Gasteiger partial charge in [-0.25, -0.2) is 18.4 Å². The lowest BCUT2D eigenvalue weighted by Gasteiger charge is -2.37. The zero-order chi connectivity index (χ0) is 23.4. The summed E-state index contributed by atoms with van der Waals surface area (Å²) in [5, 5.41) is 2.63. The van der Waals surface area contributed by atoms with E-state index in [2.05, 4.69) is 19.2 Å². The van der Waals surface area contributed by atoms with Gasteiger partial charge in [0.15, 0.2) is 0 Å². The Labute approximate surface area is 182 Å². The molecule has 0 bridgehead atoms. The lowest BCUT2D eigenvalue weighted by atomic mass is 9.81. The van der Waals surface area contributed by atoms with E-state index in [4.69, 9.17) is 9.47 Å². The molecule has 0 radical (unpaired) electrons. The SMILES string of the molecule is COC(=O)C1[C@@H]2[C@H](CN1C(=O)C(NC(=O)OC(C)(C)C)C1CCC(F)(F)CC1)C2(C)C. The van der Waals surface area contributed by atoms with Gasteiger partial charge in [-0.2, -0.15) is 0 Å². The van der Waals surface area contributed by atoms with E-state index in [1.165, 1.54) is 12.0 Å². The maximum absolute atomic E-state index is 13.7. The Balaban J connectivity index is 1.81. The van der Waals surface area contributed by atoms with Crippen molar-refractivity contribution in [2.45, 2.75) is 83.9 Å². The van der Waals surface area contributed by atoms with Crippen molar-refractivity contribution in [1.29, 1.82) is 0 Å². The minimum atomic E-state index is -2.76. The molecule has 0 spiro atoms. The average molecular weight is 445 g/mol. The van der Waals surface area contributed by atoms with Gasteiger partial charge in [-0.3, -0.25) is 4.79 Å². The molecule has 1 saturated heterocycles. The molecular weight excluding hydrogens is 410 g/mol. The highest BCUT2D eigenvalue weighted by molar-refractivity contribution is 5.91. The van der Waals surface area contributed by atoms with E-state index in [9.17, 15) is 23.2 Å². The molecule has 0 aromatic heterocycles. The molecule has 2 saturated carbocycles. The van der Waals surface area contributed by atoms with Crippen LogP contribution in [0.25, 0.3) is 0 Å². The number of nitrogens with zero attached hydrogens (tertiary/aromatic N) is 1. The highest BCUT2D eigenvalue weighted by atomic mass is 19.3. The second kappa shape index (κ2) is 7.89. The number of rotatable bonds is 4. The first-order valence-corrected chi connectivity index (χ1v) is 10.9. The summed E-state index contributed by atoms with van der Waals surface area (Å²) in [6.07, 6.45) is -1.24. The third-order valence-electron chi connectivity index (χ3n) is 7.11. The van der Waals surface area contributed by atoms with Crippen LogP contribution < -0.4 is 5.32 Å². The summed E-state index contributed by atoms with van der Waals surface area (Å²) in [6.45, 7) is 9.60. The van der Waals surface area contributed by atoms with Crippen molar-refractivity contribution in [3.05, 3.63) is 0 Å². The van der Waals surface area contributed by atoms with Crippen molar-refractivity contribution >= 4 is 18.0 Å². The van der Waals surface area contributed by atoms with Crippen LogP contribution in [0.1, 0.15) is 60.3 Å². The molecule has 0 aromatic rings. The third-order valence-corrected chi connectivity index (χ3v) is 7.11. The highest BCUT2D eigenvalue weighted by Gasteiger charge is 2.70. The number of fused-ring (bicyclic) bond motifs is 1. The van der Waals surface area contributed by atoms with Crippen LogP contribution in [0, 0.1) is 23.2 Å². The van der Waals surface area contributed by atoms with Crippen LogP contribution >= 0.6 is 0 Å². The average Bonchev–Trinajstić information content (AvgIpc) is 3.00. The number of carbonyl (C=O) groups excluding carboxylic acids is 3. The Morgan fingerprint density at radius 2 is 1.71 bits per heavy atom. The highest BCUT2D eigenvalue weighted by Crippen LogP contribution is 2.65. The number of ether oxygens (including phenoxy) is 2. The fourth-order valence-electron chi connectivity index (χ4n) is 5.29. The Bertz CT molecular complexity index is 739. The van der Waals surface area contributed by atoms with E-state index in [-0.39, 0.29) is 42.9 Å². The predicted molar refractivity (Wildman–Crippen MR) is 108 cm³/mol. The van der Waals surface area contributed by atoms with E-state index in [0.717, 1.165) is 0 Å². The summed E-state index contributed by atoms with van der Waals surface area (Å²) in [5.41, 5.74) is -0.845. The standard InChI is InChI=1S/C22H34F2N2O5/c1-20(2,3)31-19(29)25-15(12-7-9-22(23,24)10-8-12)17(27)26-11-13-14(21(13,4)5)16(26)18(28)30-6/h12-16H,7-11H2,1-6H3,(H,25,29)/t13-,14-,15?,16?/m0/s1. The molecule has 7 nitrogen and oxygen atoms in total. The zero-order valence-corrected chi connectivity index (χ0v) is 19.2. The molecule has 3 rings (SSSR count). The number of amides is 2. The van der Waals surface area contributed by atoms with Crippen LogP contribution in [0.5, 0.6) is 0 Å². The molecule has 2 aliphatic carbocycles. The smallest absolute Gasteiger partial charge is 0.408 e. The number of alkyl halides is 2. The van der Waals surface area contributed by atoms with Gasteiger partial charge < -0.3 is 19.7 Å². The fourth-order valence-corrected chi connectivity index (χ4v) is 5.29. The van der Waals surface area contributed by atoms with Crippen LogP contribution in [0.3, 0.4) is 0 Å². The van der Waals surface area contributed by atoms with E-state index in [1.807, 2.05) is 0 Å². The first-order valence-electron chi connectivity index (χ1n) is 10.9. The monoisotopic (exact) mass is 444 g/mol. The molecule has 4 atom stereocenters. The number of nitrogens with one attached hydrogen (secondary N) is 1. The second-order valence-corrected chi connectivity index (χ2v) is 10.7. The van der Waals surface area contributed by atoms with Gasteiger partial charge in [-0.05, 0) is 50.9 Å². The minimum absolute atomic E-state index is 0.0123. The lowest BCUT2D eigenvalue weighted by Crippen LogP contribution is -2.57. The number of alkyl carbamates (subject to hydrolysis) is 1. The molecule has 3 aliphatic rings. The van der Waals surface area contributed by atoms with Crippen molar-refractivity contribution in [1.82, 2.24) is 10.2 Å². The van der Waals surface area contributed by atoms with E-state index < -0.39 is 47.5 Å². The summed E-state index contributed by atoms with van der Waals surface area (Å²) in [6, 6.07) is -1.76. The summed E-state index contributed by atoms with van der Waals surface area (Å²) in [4.78, 5) is 40.0. The Morgan fingerprint density at radius 3 is 2.23 bits per heavy atom. The van der Waals surface area contributed by atoms with Crippen LogP contribution in [0.2, 0.25) is 0 Å². The second-order valence-electron chi connectivity index (χ2n) is 10.7. The molecule has 31 heavy (non-hydrogen) atoms. The van der Waals surface area contributed by atoms with Crippen molar-refractivity contribution in [2.75, 3.05) is 13.7 Å². The number of hydrogen-bond acceptors (Lipinski definition) is 5. The Morgan fingerprint density at radius 1 is 1.13 bits per heavy atom. The molecule has 2 unspecified atom stereocenters.